The van der Waals surface area contributed by atoms with Crippen LogP contribution in [0.15, 0.2) is 36.5 Å². The van der Waals surface area contributed by atoms with Crippen molar-refractivity contribution in [2.45, 2.75) is 20.0 Å². The van der Waals surface area contributed by atoms with Crippen LogP contribution in [-0.2, 0) is 13.1 Å². The zero-order valence-electron chi connectivity index (χ0n) is 11.3. The molecule has 19 heavy (non-hydrogen) atoms. The lowest BCUT2D eigenvalue weighted by Crippen LogP contribution is -2.15. The summed E-state index contributed by atoms with van der Waals surface area (Å²) in [6, 6.07) is 9.89. The fourth-order valence-electron chi connectivity index (χ4n) is 2.07. The zero-order valence-corrected chi connectivity index (χ0v) is 12.1. The summed E-state index contributed by atoms with van der Waals surface area (Å²) in [6.07, 6.45) is 2.08. The first kappa shape index (κ1) is 14.0. The van der Waals surface area contributed by atoms with Gasteiger partial charge in [0.15, 0.2) is 0 Å². The Bertz CT molecular complexity index is 537. The lowest BCUT2D eigenvalue weighted by Gasteiger charge is -2.13. The predicted octanol–water partition coefficient (Wildman–Crippen LogP) is 3.31. The van der Waals surface area contributed by atoms with E-state index in [0.717, 1.165) is 36.0 Å². The number of hydrogen-bond donors (Lipinski definition) is 1. The van der Waals surface area contributed by atoms with Gasteiger partial charge in [-0.2, -0.15) is 0 Å². The van der Waals surface area contributed by atoms with Crippen LogP contribution in [0.25, 0.3) is 0 Å². The van der Waals surface area contributed by atoms with Gasteiger partial charge in [-0.15, -0.1) is 0 Å². The van der Waals surface area contributed by atoms with Crippen LogP contribution in [-0.4, -0.2) is 18.2 Å². The van der Waals surface area contributed by atoms with Crippen LogP contribution in [0, 0.1) is 0 Å². The topological polar surface area (TPSA) is 26.2 Å². The second-order valence-corrected chi connectivity index (χ2v) is 4.80. The number of benzene rings is 1. The minimum Gasteiger partial charge on any atom is -0.496 e. The van der Waals surface area contributed by atoms with E-state index in [9.17, 15) is 0 Å². The van der Waals surface area contributed by atoms with E-state index in [0.29, 0.717) is 0 Å². The molecule has 4 heteroatoms. The van der Waals surface area contributed by atoms with Crippen molar-refractivity contribution in [3.8, 4) is 5.75 Å². The average molecular weight is 279 g/mol. The molecule has 0 aliphatic carbocycles. The van der Waals surface area contributed by atoms with Gasteiger partial charge in [-0.25, -0.2) is 0 Å². The third-order valence-electron chi connectivity index (χ3n) is 3.06. The Balaban J connectivity index is 2.21. The molecule has 0 saturated carbocycles. The number of hydrogen-bond acceptors (Lipinski definition) is 2. The highest BCUT2D eigenvalue weighted by Crippen LogP contribution is 2.24. The lowest BCUT2D eigenvalue weighted by atomic mass is 10.2. The van der Waals surface area contributed by atoms with Gasteiger partial charge >= 0.3 is 0 Å². The Morgan fingerprint density at radius 3 is 2.89 bits per heavy atom. The molecule has 1 aromatic carbocycles. The molecule has 102 valence electrons. The number of ether oxygens (including phenoxy) is 1. The van der Waals surface area contributed by atoms with Crippen molar-refractivity contribution in [2.75, 3.05) is 13.7 Å². The molecule has 0 radical (unpaired) electrons. The molecule has 2 aromatic rings. The Kier molecular flexibility index (Phi) is 4.88. The second kappa shape index (κ2) is 6.64. The molecule has 0 spiro atoms. The number of nitrogens with zero attached hydrogens (tertiary/aromatic N) is 1. The van der Waals surface area contributed by atoms with Gasteiger partial charge in [-0.3, -0.25) is 0 Å². The van der Waals surface area contributed by atoms with Crippen molar-refractivity contribution in [2.24, 2.45) is 0 Å². The summed E-state index contributed by atoms with van der Waals surface area (Å²) < 4.78 is 7.59. The summed E-state index contributed by atoms with van der Waals surface area (Å²) in [7, 11) is 1.68. The molecule has 2 rings (SSSR count). The maximum absolute atomic E-state index is 6.06. The number of aromatic nitrogens is 1. The number of halogens is 1. The van der Waals surface area contributed by atoms with Crippen LogP contribution < -0.4 is 10.1 Å². The van der Waals surface area contributed by atoms with Crippen LogP contribution in [0.2, 0.25) is 5.02 Å². The SMILES string of the molecule is CCNCc1cccn1Cc1cc(Cl)ccc1OC. The molecule has 0 aliphatic heterocycles. The van der Waals surface area contributed by atoms with E-state index in [1.807, 2.05) is 18.2 Å². The molecule has 0 fully saturated rings. The summed E-state index contributed by atoms with van der Waals surface area (Å²) in [6.45, 7) is 4.70. The summed E-state index contributed by atoms with van der Waals surface area (Å²) in [4.78, 5) is 0. The first-order valence-electron chi connectivity index (χ1n) is 6.41. The molecule has 1 N–H and O–H groups in total. The third kappa shape index (κ3) is 3.52. The molecule has 0 atom stereocenters. The molecular weight excluding hydrogens is 260 g/mol. The van der Waals surface area contributed by atoms with Crippen molar-refractivity contribution in [1.29, 1.82) is 0 Å². The summed E-state index contributed by atoms with van der Waals surface area (Å²) in [5, 5.41) is 4.07. The summed E-state index contributed by atoms with van der Waals surface area (Å²) in [5.74, 6) is 0.868. The van der Waals surface area contributed by atoms with E-state index in [1.165, 1.54) is 5.69 Å². The van der Waals surface area contributed by atoms with E-state index in [1.54, 1.807) is 7.11 Å². The summed E-state index contributed by atoms with van der Waals surface area (Å²) in [5.41, 5.74) is 2.34. The first-order chi connectivity index (χ1) is 9.24. The van der Waals surface area contributed by atoms with Gasteiger partial charge < -0.3 is 14.6 Å². The van der Waals surface area contributed by atoms with Gasteiger partial charge in [0, 0.05) is 29.0 Å². The van der Waals surface area contributed by atoms with Gasteiger partial charge in [0.2, 0.25) is 0 Å². The van der Waals surface area contributed by atoms with Crippen LogP contribution in [0.3, 0.4) is 0 Å². The second-order valence-electron chi connectivity index (χ2n) is 4.36. The molecule has 0 unspecified atom stereocenters. The molecule has 0 bridgehead atoms. The van der Waals surface area contributed by atoms with Crippen LogP contribution in [0.4, 0.5) is 0 Å². The van der Waals surface area contributed by atoms with E-state index >= 15 is 0 Å². The predicted molar refractivity (Wildman–Crippen MR) is 78.9 cm³/mol. The molecule has 0 aliphatic rings. The maximum atomic E-state index is 6.06. The highest BCUT2D eigenvalue weighted by molar-refractivity contribution is 6.30. The quantitative estimate of drug-likeness (QED) is 0.877. The summed E-state index contributed by atoms with van der Waals surface area (Å²) >= 11 is 6.06. The number of nitrogens with one attached hydrogen (secondary N) is 1. The highest BCUT2D eigenvalue weighted by atomic mass is 35.5. The third-order valence-corrected chi connectivity index (χ3v) is 3.30. The Morgan fingerprint density at radius 1 is 1.32 bits per heavy atom. The maximum Gasteiger partial charge on any atom is 0.123 e. The van der Waals surface area contributed by atoms with Gasteiger partial charge in [-0.1, -0.05) is 18.5 Å². The minimum atomic E-state index is 0.733. The van der Waals surface area contributed by atoms with Crippen LogP contribution >= 0.6 is 11.6 Å². The van der Waals surface area contributed by atoms with Gasteiger partial charge in [0.1, 0.15) is 5.75 Å². The number of rotatable bonds is 6. The molecular formula is C15H19ClN2O. The fourth-order valence-corrected chi connectivity index (χ4v) is 2.27. The largest absolute Gasteiger partial charge is 0.496 e. The highest BCUT2D eigenvalue weighted by Gasteiger charge is 2.07. The van der Waals surface area contributed by atoms with Gasteiger partial charge in [0.05, 0.1) is 13.7 Å². The van der Waals surface area contributed by atoms with Crippen LogP contribution in [0.1, 0.15) is 18.2 Å². The Hall–Kier alpha value is -1.45. The van der Waals surface area contributed by atoms with Gasteiger partial charge in [-0.05, 0) is 36.9 Å². The molecule has 0 saturated heterocycles. The zero-order chi connectivity index (χ0) is 13.7. The minimum absolute atomic E-state index is 0.733. The molecule has 3 nitrogen and oxygen atoms in total. The van der Waals surface area contributed by atoms with E-state index < -0.39 is 0 Å². The first-order valence-corrected chi connectivity index (χ1v) is 6.79. The number of methoxy groups -OCH3 is 1. The van der Waals surface area contributed by atoms with Gasteiger partial charge in [0.25, 0.3) is 0 Å². The van der Waals surface area contributed by atoms with Crippen molar-refractivity contribution >= 4 is 11.6 Å². The van der Waals surface area contributed by atoms with Crippen molar-refractivity contribution in [3.63, 3.8) is 0 Å². The van der Waals surface area contributed by atoms with Crippen LogP contribution in [0.5, 0.6) is 5.75 Å². The van der Waals surface area contributed by atoms with Crippen molar-refractivity contribution in [1.82, 2.24) is 9.88 Å². The standard InChI is InChI=1S/C15H19ClN2O/c1-3-17-10-14-5-4-8-18(14)11-12-9-13(16)6-7-15(12)19-2/h4-9,17H,3,10-11H2,1-2H3. The van der Waals surface area contributed by atoms with Crippen molar-refractivity contribution in [3.05, 3.63) is 52.8 Å². The van der Waals surface area contributed by atoms with E-state index in [4.69, 9.17) is 16.3 Å². The normalized spacial score (nSPS) is 10.7. The Labute approximate surface area is 119 Å². The lowest BCUT2D eigenvalue weighted by molar-refractivity contribution is 0.408. The average Bonchev–Trinajstić information content (AvgIpc) is 2.84. The van der Waals surface area contributed by atoms with E-state index in [-0.39, 0.29) is 0 Å². The molecule has 0 amide bonds. The smallest absolute Gasteiger partial charge is 0.123 e. The molecule has 1 heterocycles. The van der Waals surface area contributed by atoms with Crippen molar-refractivity contribution < 1.29 is 4.74 Å². The monoisotopic (exact) mass is 278 g/mol. The fraction of sp³-hybridized carbons (Fsp3) is 0.333. The molecule has 1 aromatic heterocycles. The van der Waals surface area contributed by atoms with E-state index in [2.05, 4.69) is 35.1 Å². The Morgan fingerprint density at radius 2 is 2.16 bits per heavy atom.